The van der Waals surface area contributed by atoms with E-state index in [0.29, 0.717) is 11.5 Å². The maximum absolute atomic E-state index is 6.02. The van der Waals surface area contributed by atoms with Gasteiger partial charge in [0.05, 0.1) is 25.2 Å². The van der Waals surface area contributed by atoms with E-state index in [1.165, 1.54) is 24.8 Å². The number of furan rings is 1. The van der Waals surface area contributed by atoms with Crippen molar-refractivity contribution in [3.8, 4) is 0 Å². The van der Waals surface area contributed by atoms with Crippen LogP contribution in [0.15, 0.2) is 23.0 Å². The Morgan fingerprint density at radius 2 is 2.26 bits per heavy atom. The Kier molecular flexibility index (Phi) is 5.06. The molecule has 108 valence electrons. The van der Waals surface area contributed by atoms with Crippen molar-refractivity contribution in [2.75, 3.05) is 13.2 Å². The SMILES string of the molecule is CC1CC(OCCNCc2ccoc2)CC(C)(C)C1. The maximum atomic E-state index is 6.02. The summed E-state index contributed by atoms with van der Waals surface area (Å²) >= 11 is 0. The van der Waals surface area contributed by atoms with Gasteiger partial charge in [-0.2, -0.15) is 0 Å². The Morgan fingerprint density at radius 3 is 2.95 bits per heavy atom. The fourth-order valence-electron chi connectivity index (χ4n) is 3.31. The van der Waals surface area contributed by atoms with E-state index in [1.807, 2.05) is 6.07 Å². The molecule has 1 aromatic heterocycles. The van der Waals surface area contributed by atoms with Gasteiger partial charge in [-0.05, 0) is 36.7 Å². The number of hydrogen-bond donors (Lipinski definition) is 1. The van der Waals surface area contributed by atoms with Crippen LogP contribution in [-0.2, 0) is 11.3 Å². The molecule has 1 aliphatic carbocycles. The number of hydrogen-bond acceptors (Lipinski definition) is 3. The molecule has 1 saturated carbocycles. The van der Waals surface area contributed by atoms with Crippen LogP contribution in [0.5, 0.6) is 0 Å². The second-order valence-electron chi connectivity index (χ2n) is 6.71. The Bertz CT molecular complexity index is 359. The molecule has 0 radical (unpaired) electrons. The Balaban J connectivity index is 1.60. The molecule has 3 nitrogen and oxygen atoms in total. The quantitative estimate of drug-likeness (QED) is 0.798. The second-order valence-corrected chi connectivity index (χ2v) is 6.71. The van der Waals surface area contributed by atoms with Crippen molar-refractivity contribution in [1.82, 2.24) is 5.32 Å². The molecule has 0 bridgehead atoms. The largest absolute Gasteiger partial charge is 0.472 e. The average molecular weight is 265 g/mol. The molecule has 2 rings (SSSR count). The Labute approximate surface area is 116 Å². The highest BCUT2D eigenvalue weighted by Gasteiger charge is 2.32. The monoisotopic (exact) mass is 265 g/mol. The first-order chi connectivity index (χ1) is 9.05. The zero-order valence-electron chi connectivity index (χ0n) is 12.4. The smallest absolute Gasteiger partial charge is 0.0947 e. The summed E-state index contributed by atoms with van der Waals surface area (Å²) in [5.74, 6) is 0.785. The van der Waals surface area contributed by atoms with E-state index >= 15 is 0 Å². The molecular weight excluding hydrogens is 238 g/mol. The fourth-order valence-corrected chi connectivity index (χ4v) is 3.31. The van der Waals surface area contributed by atoms with E-state index in [0.717, 1.165) is 25.6 Å². The third kappa shape index (κ3) is 5.00. The topological polar surface area (TPSA) is 34.4 Å². The van der Waals surface area contributed by atoms with Crippen molar-refractivity contribution >= 4 is 0 Å². The van der Waals surface area contributed by atoms with Crippen LogP contribution in [0.1, 0.15) is 45.6 Å². The van der Waals surface area contributed by atoms with Crippen molar-refractivity contribution in [3.63, 3.8) is 0 Å². The van der Waals surface area contributed by atoms with E-state index in [-0.39, 0.29) is 0 Å². The first-order valence-electron chi connectivity index (χ1n) is 7.38. The van der Waals surface area contributed by atoms with E-state index in [4.69, 9.17) is 9.15 Å². The van der Waals surface area contributed by atoms with Gasteiger partial charge in [-0.3, -0.25) is 0 Å². The van der Waals surface area contributed by atoms with Crippen LogP contribution in [0.25, 0.3) is 0 Å². The zero-order chi connectivity index (χ0) is 13.7. The van der Waals surface area contributed by atoms with Gasteiger partial charge >= 0.3 is 0 Å². The summed E-state index contributed by atoms with van der Waals surface area (Å²) in [5.41, 5.74) is 1.62. The molecule has 2 atom stereocenters. The summed E-state index contributed by atoms with van der Waals surface area (Å²) in [7, 11) is 0. The Morgan fingerprint density at radius 1 is 1.42 bits per heavy atom. The summed E-state index contributed by atoms with van der Waals surface area (Å²) in [4.78, 5) is 0. The van der Waals surface area contributed by atoms with E-state index < -0.39 is 0 Å². The van der Waals surface area contributed by atoms with Gasteiger partial charge in [0.15, 0.2) is 0 Å². The van der Waals surface area contributed by atoms with Crippen LogP contribution in [0, 0.1) is 11.3 Å². The fraction of sp³-hybridized carbons (Fsp3) is 0.750. The van der Waals surface area contributed by atoms with E-state index in [9.17, 15) is 0 Å². The molecule has 0 aliphatic heterocycles. The van der Waals surface area contributed by atoms with Crippen molar-refractivity contribution in [2.45, 2.75) is 52.7 Å². The van der Waals surface area contributed by atoms with Crippen LogP contribution in [0.4, 0.5) is 0 Å². The van der Waals surface area contributed by atoms with Crippen LogP contribution in [0.3, 0.4) is 0 Å². The van der Waals surface area contributed by atoms with Gasteiger partial charge in [-0.1, -0.05) is 20.8 Å². The van der Waals surface area contributed by atoms with Crippen molar-refractivity contribution in [3.05, 3.63) is 24.2 Å². The summed E-state index contributed by atoms with van der Waals surface area (Å²) in [6, 6.07) is 1.99. The minimum Gasteiger partial charge on any atom is -0.472 e. The van der Waals surface area contributed by atoms with Gasteiger partial charge in [0.25, 0.3) is 0 Å². The highest BCUT2D eigenvalue weighted by Crippen LogP contribution is 2.39. The molecule has 1 heterocycles. The zero-order valence-corrected chi connectivity index (χ0v) is 12.4. The minimum atomic E-state index is 0.437. The van der Waals surface area contributed by atoms with Crippen LogP contribution < -0.4 is 5.32 Å². The predicted octanol–water partition coefficient (Wildman–Crippen LogP) is 3.60. The van der Waals surface area contributed by atoms with Crippen molar-refractivity contribution in [2.24, 2.45) is 11.3 Å². The average Bonchev–Trinajstić information content (AvgIpc) is 2.78. The van der Waals surface area contributed by atoms with E-state index in [2.05, 4.69) is 26.1 Å². The third-order valence-corrected chi connectivity index (χ3v) is 3.89. The highest BCUT2D eigenvalue weighted by atomic mass is 16.5. The van der Waals surface area contributed by atoms with Crippen LogP contribution in [0.2, 0.25) is 0 Å². The molecule has 1 aliphatic rings. The third-order valence-electron chi connectivity index (χ3n) is 3.89. The van der Waals surface area contributed by atoms with E-state index in [1.54, 1.807) is 12.5 Å². The lowest BCUT2D eigenvalue weighted by Gasteiger charge is -2.38. The molecule has 3 heteroatoms. The lowest BCUT2D eigenvalue weighted by atomic mass is 9.71. The van der Waals surface area contributed by atoms with Crippen molar-refractivity contribution < 1.29 is 9.15 Å². The van der Waals surface area contributed by atoms with Crippen molar-refractivity contribution in [1.29, 1.82) is 0 Å². The first-order valence-corrected chi connectivity index (χ1v) is 7.38. The lowest BCUT2D eigenvalue weighted by Crippen LogP contribution is -2.34. The molecule has 1 fully saturated rings. The lowest BCUT2D eigenvalue weighted by molar-refractivity contribution is -0.0213. The normalized spacial score (nSPS) is 26.5. The van der Waals surface area contributed by atoms with Gasteiger partial charge < -0.3 is 14.5 Å². The molecule has 1 aromatic rings. The summed E-state index contributed by atoms with van der Waals surface area (Å²) in [6.45, 7) is 9.61. The molecule has 0 aromatic carbocycles. The highest BCUT2D eigenvalue weighted by molar-refractivity contribution is 5.04. The molecular formula is C16H27NO2. The van der Waals surface area contributed by atoms with Gasteiger partial charge in [0.2, 0.25) is 0 Å². The number of rotatable bonds is 6. The number of nitrogens with one attached hydrogen (secondary N) is 1. The second kappa shape index (κ2) is 6.58. The molecule has 1 N–H and O–H groups in total. The van der Waals surface area contributed by atoms with Gasteiger partial charge in [0, 0.05) is 18.7 Å². The van der Waals surface area contributed by atoms with Gasteiger partial charge in [0.1, 0.15) is 0 Å². The molecule has 2 unspecified atom stereocenters. The maximum Gasteiger partial charge on any atom is 0.0947 e. The minimum absolute atomic E-state index is 0.437. The molecule has 0 saturated heterocycles. The van der Waals surface area contributed by atoms with Gasteiger partial charge in [-0.15, -0.1) is 0 Å². The molecule has 19 heavy (non-hydrogen) atoms. The predicted molar refractivity (Wildman–Crippen MR) is 77.0 cm³/mol. The Hall–Kier alpha value is -0.800. The van der Waals surface area contributed by atoms with Gasteiger partial charge in [-0.25, -0.2) is 0 Å². The molecule has 0 spiro atoms. The number of ether oxygens (including phenoxy) is 1. The van der Waals surface area contributed by atoms with Crippen LogP contribution in [-0.4, -0.2) is 19.3 Å². The van der Waals surface area contributed by atoms with Crippen LogP contribution >= 0.6 is 0 Å². The summed E-state index contributed by atoms with van der Waals surface area (Å²) < 4.78 is 11.1. The summed E-state index contributed by atoms with van der Waals surface area (Å²) in [5, 5.41) is 3.37. The first kappa shape index (κ1) is 14.6. The summed E-state index contributed by atoms with van der Waals surface area (Å²) in [6.07, 6.45) is 7.66. The molecule has 0 amide bonds. The standard InChI is InChI=1S/C16H27NO2/c1-13-8-15(10-16(2,3)9-13)19-7-5-17-11-14-4-6-18-12-14/h4,6,12-13,15,17H,5,7-11H2,1-3H3.